The third kappa shape index (κ3) is 4.30. The van der Waals surface area contributed by atoms with Gasteiger partial charge in [0.05, 0.1) is 18.9 Å². The molecule has 0 saturated heterocycles. The van der Waals surface area contributed by atoms with Crippen molar-refractivity contribution in [2.24, 2.45) is 5.10 Å². The number of carbonyl (C=O) groups is 2. The summed E-state index contributed by atoms with van der Waals surface area (Å²) < 4.78 is 9.70. The number of hydrazone groups is 1. The highest BCUT2D eigenvalue weighted by Crippen LogP contribution is 2.23. The number of rotatable bonds is 6. The highest BCUT2D eigenvalue weighted by Gasteiger charge is 2.16. The Balaban J connectivity index is 2.75. The zero-order chi connectivity index (χ0) is 15.1. The fraction of sp³-hybridized carbons (Fsp3) is 0.500. The molecule has 0 aliphatic carbocycles. The first-order valence-corrected chi connectivity index (χ1v) is 6.93. The summed E-state index contributed by atoms with van der Waals surface area (Å²) in [7, 11) is 0. The smallest absolute Gasteiger partial charge is 0.354 e. The molecule has 0 saturated carbocycles. The SMILES string of the molecule is CCOC(=O)/C(C)=N\Nc1nc(C)c(C(=O)OCC)s1. The quantitative estimate of drug-likeness (QED) is 0.491. The van der Waals surface area contributed by atoms with Gasteiger partial charge in [-0.2, -0.15) is 5.10 Å². The van der Waals surface area contributed by atoms with Gasteiger partial charge in [0.1, 0.15) is 10.6 Å². The lowest BCUT2D eigenvalue weighted by molar-refractivity contribution is -0.135. The molecule has 0 radical (unpaired) electrons. The second-order valence-corrected chi connectivity index (χ2v) is 4.68. The summed E-state index contributed by atoms with van der Waals surface area (Å²) in [5, 5.41) is 4.27. The number of ether oxygens (including phenoxy) is 2. The van der Waals surface area contributed by atoms with Crippen LogP contribution in [0.25, 0.3) is 0 Å². The first-order valence-electron chi connectivity index (χ1n) is 6.11. The number of anilines is 1. The zero-order valence-electron chi connectivity index (χ0n) is 11.8. The van der Waals surface area contributed by atoms with E-state index in [1.54, 1.807) is 20.8 Å². The van der Waals surface area contributed by atoms with Crippen LogP contribution in [0.5, 0.6) is 0 Å². The fourth-order valence-electron chi connectivity index (χ4n) is 1.24. The molecule has 1 N–H and O–H groups in total. The second kappa shape index (κ2) is 7.59. The Morgan fingerprint density at radius 3 is 2.55 bits per heavy atom. The molecule has 1 aromatic rings. The highest BCUT2D eigenvalue weighted by atomic mass is 32.1. The Morgan fingerprint density at radius 2 is 1.95 bits per heavy atom. The van der Waals surface area contributed by atoms with Crippen molar-refractivity contribution in [3.05, 3.63) is 10.6 Å². The molecule has 0 amide bonds. The topological polar surface area (TPSA) is 89.9 Å². The van der Waals surface area contributed by atoms with Crippen LogP contribution in [0, 0.1) is 6.92 Å². The molecular formula is C12H17N3O4S. The molecule has 0 fully saturated rings. The van der Waals surface area contributed by atoms with Gasteiger partial charge < -0.3 is 9.47 Å². The van der Waals surface area contributed by atoms with E-state index in [4.69, 9.17) is 9.47 Å². The van der Waals surface area contributed by atoms with Crippen molar-refractivity contribution in [2.75, 3.05) is 18.6 Å². The van der Waals surface area contributed by atoms with E-state index >= 15 is 0 Å². The van der Waals surface area contributed by atoms with Crippen LogP contribution < -0.4 is 5.43 Å². The fourth-order valence-corrected chi connectivity index (χ4v) is 2.05. The molecule has 0 spiro atoms. The van der Waals surface area contributed by atoms with Gasteiger partial charge in [-0.15, -0.1) is 0 Å². The molecule has 8 heteroatoms. The van der Waals surface area contributed by atoms with Crippen LogP contribution in [0.3, 0.4) is 0 Å². The lowest BCUT2D eigenvalue weighted by atomic mass is 10.4. The van der Waals surface area contributed by atoms with E-state index in [0.717, 1.165) is 11.3 Å². The zero-order valence-corrected chi connectivity index (χ0v) is 12.7. The molecule has 0 atom stereocenters. The minimum absolute atomic E-state index is 0.178. The number of esters is 2. The maximum absolute atomic E-state index is 11.6. The van der Waals surface area contributed by atoms with Crippen molar-refractivity contribution in [2.45, 2.75) is 27.7 Å². The van der Waals surface area contributed by atoms with Crippen molar-refractivity contribution in [1.82, 2.24) is 4.98 Å². The number of aromatic nitrogens is 1. The number of thiazole rings is 1. The second-order valence-electron chi connectivity index (χ2n) is 3.68. The molecule has 1 heterocycles. The first-order chi connectivity index (χ1) is 9.49. The van der Waals surface area contributed by atoms with Crippen molar-refractivity contribution in [3.8, 4) is 0 Å². The van der Waals surface area contributed by atoms with Crippen LogP contribution in [-0.2, 0) is 14.3 Å². The predicted molar refractivity (Wildman–Crippen MR) is 76.2 cm³/mol. The van der Waals surface area contributed by atoms with E-state index in [0.29, 0.717) is 22.3 Å². The van der Waals surface area contributed by atoms with Gasteiger partial charge in [-0.1, -0.05) is 11.3 Å². The highest BCUT2D eigenvalue weighted by molar-refractivity contribution is 7.17. The third-order valence-corrected chi connectivity index (χ3v) is 3.19. The van der Waals surface area contributed by atoms with Crippen molar-refractivity contribution >= 4 is 34.1 Å². The number of nitrogens with one attached hydrogen (secondary N) is 1. The van der Waals surface area contributed by atoms with E-state index in [1.807, 2.05) is 0 Å². The maximum Gasteiger partial charge on any atom is 0.354 e. The number of hydrogen-bond acceptors (Lipinski definition) is 8. The number of nitrogens with zero attached hydrogens (tertiary/aromatic N) is 2. The molecule has 0 unspecified atom stereocenters. The lowest BCUT2D eigenvalue weighted by Gasteiger charge is -2.00. The van der Waals surface area contributed by atoms with E-state index in [2.05, 4.69) is 15.5 Å². The standard InChI is InChI=1S/C12H17N3O4S/c1-5-18-10(16)8(4)14-15-12-13-7(3)9(20-12)11(17)19-6-2/h5-6H2,1-4H3,(H,13,15)/b14-8-. The van der Waals surface area contributed by atoms with Gasteiger partial charge in [-0.3, -0.25) is 5.43 Å². The van der Waals surface area contributed by atoms with Gasteiger partial charge in [0.15, 0.2) is 0 Å². The first kappa shape index (κ1) is 16.1. The summed E-state index contributed by atoms with van der Waals surface area (Å²) in [6, 6.07) is 0. The van der Waals surface area contributed by atoms with Crippen LogP contribution in [-0.4, -0.2) is 35.8 Å². The van der Waals surface area contributed by atoms with Crippen LogP contribution >= 0.6 is 11.3 Å². The van der Waals surface area contributed by atoms with Crippen LogP contribution in [0.1, 0.15) is 36.1 Å². The van der Waals surface area contributed by atoms with E-state index < -0.39 is 11.9 Å². The minimum Gasteiger partial charge on any atom is -0.462 e. The molecule has 20 heavy (non-hydrogen) atoms. The molecule has 7 nitrogen and oxygen atoms in total. The predicted octanol–water partition coefficient (Wildman–Crippen LogP) is 1.98. The van der Waals surface area contributed by atoms with Gasteiger partial charge in [0.2, 0.25) is 5.13 Å². The largest absolute Gasteiger partial charge is 0.462 e. The molecule has 1 aromatic heterocycles. The molecule has 0 bridgehead atoms. The lowest BCUT2D eigenvalue weighted by Crippen LogP contribution is -2.15. The van der Waals surface area contributed by atoms with Crippen LogP contribution in [0.4, 0.5) is 5.13 Å². The van der Waals surface area contributed by atoms with Gasteiger partial charge in [0, 0.05) is 0 Å². The van der Waals surface area contributed by atoms with Crippen molar-refractivity contribution < 1.29 is 19.1 Å². The summed E-state index contributed by atoms with van der Waals surface area (Å²) in [5.74, 6) is -0.916. The average Bonchev–Trinajstić information content (AvgIpc) is 2.78. The van der Waals surface area contributed by atoms with E-state index in [9.17, 15) is 9.59 Å². The van der Waals surface area contributed by atoms with Crippen molar-refractivity contribution in [3.63, 3.8) is 0 Å². The van der Waals surface area contributed by atoms with Crippen molar-refractivity contribution in [1.29, 1.82) is 0 Å². The third-order valence-electron chi connectivity index (χ3n) is 2.15. The van der Waals surface area contributed by atoms with E-state index in [1.165, 1.54) is 6.92 Å². The van der Waals surface area contributed by atoms with Crippen LogP contribution in [0.2, 0.25) is 0 Å². The number of carbonyl (C=O) groups excluding carboxylic acids is 2. The van der Waals surface area contributed by atoms with Gasteiger partial charge in [-0.05, 0) is 27.7 Å². The van der Waals surface area contributed by atoms with Gasteiger partial charge in [0.25, 0.3) is 0 Å². The van der Waals surface area contributed by atoms with Gasteiger partial charge >= 0.3 is 11.9 Å². The summed E-state index contributed by atoms with van der Waals surface area (Å²) in [5.41, 5.74) is 3.36. The summed E-state index contributed by atoms with van der Waals surface area (Å²) in [6.45, 7) is 7.27. The Kier molecular flexibility index (Phi) is 6.10. The van der Waals surface area contributed by atoms with Crippen LogP contribution in [0.15, 0.2) is 5.10 Å². The summed E-state index contributed by atoms with van der Waals surface area (Å²) >= 11 is 1.12. The number of hydrogen-bond donors (Lipinski definition) is 1. The Bertz CT molecular complexity index is 525. The summed E-state index contributed by atoms with van der Waals surface area (Å²) in [6.07, 6.45) is 0. The normalized spacial score (nSPS) is 11.1. The molecular weight excluding hydrogens is 282 g/mol. The molecule has 0 aliphatic heterocycles. The molecule has 0 aromatic carbocycles. The molecule has 0 aliphatic rings. The monoisotopic (exact) mass is 299 g/mol. The molecule has 1 rings (SSSR count). The average molecular weight is 299 g/mol. The maximum atomic E-state index is 11.6. The minimum atomic E-state index is -0.501. The summed E-state index contributed by atoms with van der Waals surface area (Å²) in [4.78, 5) is 27.5. The molecule has 110 valence electrons. The Labute approximate surface area is 121 Å². The Hall–Kier alpha value is -1.96. The van der Waals surface area contributed by atoms with E-state index in [-0.39, 0.29) is 12.3 Å². The Morgan fingerprint density at radius 1 is 1.30 bits per heavy atom. The number of aryl methyl sites for hydroxylation is 1. The van der Waals surface area contributed by atoms with Gasteiger partial charge in [-0.25, -0.2) is 14.6 Å².